The van der Waals surface area contributed by atoms with Crippen molar-refractivity contribution in [1.82, 2.24) is 0 Å². The number of halogens is 1. The Bertz CT molecular complexity index is 627. The molecule has 4 heteroatoms. The standard InChI is InChI=1S/C17H17BrO3/c1-19-17-8-12(9-18)6-7-16(17)21-11-13-10-20-15-5-3-2-4-14(13)15/h2-8,13H,9-11H2,1H3. The molecule has 0 radical (unpaired) electrons. The molecule has 110 valence electrons. The van der Waals surface area contributed by atoms with Crippen LogP contribution in [0.15, 0.2) is 42.5 Å². The molecule has 0 saturated heterocycles. The second-order valence-electron chi connectivity index (χ2n) is 4.98. The number of fused-ring (bicyclic) bond motifs is 1. The van der Waals surface area contributed by atoms with E-state index in [4.69, 9.17) is 14.2 Å². The maximum absolute atomic E-state index is 5.95. The Morgan fingerprint density at radius 1 is 1.19 bits per heavy atom. The quantitative estimate of drug-likeness (QED) is 0.759. The van der Waals surface area contributed by atoms with Crippen molar-refractivity contribution >= 4 is 15.9 Å². The van der Waals surface area contributed by atoms with Gasteiger partial charge < -0.3 is 14.2 Å². The lowest BCUT2D eigenvalue weighted by molar-refractivity contribution is 0.240. The zero-order valence-corrected chi connectivity index (χ0v) is 13.4. The summed E-state index contributed by atoms with van der Waals surface area (Å²) in [6.45, 7) is 1.25. The SMILES string of the molecule is COc1cc(CBr)ccc1OCC1COc2ccccc21. The van der Waals surface area contributed by atoms with Crippen molar-refractivity contribution in [2.45, 2.75) is 11.2 Å². The Kier molecular flexibility index (Phi) is 4.34. The van der Waals surface area contributed by atoms with E-state index in [1.54, 1.807) is 7.11 Å². The van der Waals surface area contributed by atoms with Crippen LogP contribution in [0.4, 0.5) is 0 Å². The van der Waals surface area contributed by atoms with Gasteiger partial charge >= 0.3 is 0 Å². The third kappa shape index (κ3) is 3.00. The minimum atomic E-state index is 0.266. The summed E-state index contributed by atoms with van der Waals surface area (Å²) in [5, 5.41) is 0.799. The van der Waals surface area contributed by atoms with Crippen molar-refractivity contribution in [2.24, 2.45) is 0 Å². The van der Waals surface area contributed by atoms with Crippen LogP contribution >= 0.6 is 15.9 Å². The topological polar surface area (TPSA) is 27.7 Å². The maximum Gasteiger partial charge on any atom is 0.161 e. The van der Waals surface area contributed by atoms with E-state index in [0.717, 1.165) is 28.1 Å². The number of ether oxygens (including phenoxy) is 3. The number of hydrogen-bond acceptors (Lipinski definition) is 3. The minimum absolute atomic E-state index is 0.266. The summed E-state index contributed by atoms with van der Waals surface area (Å²) in [6, 6.07) is 14.1. The van der Waals surface area contributed by atoms with Crippen LogP contribution in [-0.2, 0) is 5.33 Å². The van der Waals surface area contributed by atoms with Crippen molar-refractivity contribution in [3.63, 3.8) is 0 Å². The van der Waals surface area contributed by atoms with Gasteiger partial charge in [-0.2, -0.15) is 0 Å². The molecule has 1 heterocycles. The predicted octanol–water partition coefficient (Wildman–Crippen LogP) is 4.15. The summed E-state index contributed by atoms with van der Waals surface area (Å²) in [4.78, 5) is 0. The zero-order valence-electron chi connectivity index (χ0n) is 11.8. The van der Waals surface area contributed by atoms with Gasteiger partial charge in [0.15, 0.2) is 11.5 Å². The molecule has 0 saturated carbocycles. The first-order chi connectivity index (χ1) is 10.3. The molecule has 0 amide bonds. The predicted molar refractivity (Wildman–Crippen MR) is 85.8 cm³/mol. The van der Waals surface area contributed by atoms with Gasteiger partial charge in [-0.1, -0.05) is 40.2 Å². The van der Waals surface area contributed by atoms with Gasteiger partial charge in [0, 0.05) is 10.9 Å². The smallest absolute Gasteiger partial charge is 0.161 e. The molecular formula is C17H17BrO3. The number of alkyl halides is 1. The van der Waals surface area contributed by atoms with Gasteiger partial charge in [-0.05, 0) is 23.8 Å². The van der Waals surface area contributed by atoms with Gasteiger partial charge in [0.1, 0.15) is 5.75 Å². The molecule has 0 spiro atoms. The first-order valence-electron chi connectivity index (χ1n) is 6.89. The van der Waals surface area contributed by atoms with Gasteiger partial charge in [-0.25, -0.2) is 0 Å². The Morgan fingerprint density at radius 3 is 2.86 bits per heavy atom. The molecule has 3 rings (SSSR count). The van der Waals surface area contributed by atoms with E-state index in [1.165, 1.54) is 5.56 Å². The van der Waals surface area contributed by atoms with Gasteiger partial charge in [0.2, 0.25) is 0 Å². The molecular weight excluding hydrogens is 332 g/mol. The molecule has 1 aliphatic rings. The third-order valence-electron chi connectivity index (χ3n) is 3.62. The molecule has 2 aromatic rings. The average molecular weight is 349 g/mol. The van der Waals surface area contributed by atoms with E-state index in [9.17, 15) is 0 Å². The van der Waals surface area contributed by atoms with Gasteiger partial charge in [-0.3, -0.25) is 0 Å². The Labute approximate surface area is 133 Å². The number of benzene rings is 2. The van der Waals surface area contributed by atoms with Crippen LogP contribution in [0.3, 0.4) is 0 Å². The molecule has 1 aliphatic heterocycles. The highest BCUT2D eigenvalue weighted by Gasteiger charge is 2.24. The first-order valence-corrected chi connectivity index (χ1v) is 8.01. The van der Waals surface area contributed by atoms with Crippen molar-refractivity contribution < 1.29 is 14.2 Å². The second kappa shape index (κ2) is 6.39. The van der Waals surface area contributed by atoms with Crippen molar-refractivity contribution in [1.29, 1.82) is 0 Å². The lowest BCUT2D eigenvalue weighted by Crippen LogP contribution is -2.12. The molecule has 0 aromatic heterocycles. The Balaban J connectivity index is 1.71. The molecule has 21 heavy (non-hydrogen) atoms. The summed E-state index contributed by atoms with van der Waals surface area (Å²) in [5.41, 5.74) is 2.38. The minimum Gasteiger partial charge on any atom is -0.493 e. The highest BCUT2D eigenvalue weighted by Crippen LogP contribution is 2.35. The van der Waals surface area contributed by atoms with Crippen molar-refractivity contribution in [2.75, 3.05) is 20.3 Å². The third-order valence-corrected chi connectivity index (χ3v) is 4.27. The zero-order chi connectivity index (χ0) is 14.7. The van der Waals surface area contributed by atoms with Crippen LogP contribution in [0.2, 0.25) is 0 Å². The highest BCUT2D eigenvalue weighted by atomic mass is 79.9. The summed E-state index contributed by atoms with van der Waals surface area (Å²) in [5.74, 6) is 2.76. The fourth-order valence-electron chi connectivity index (χ4n) is 2.47. The van der Waals surface area contributed by atoms with Gasteiger partial charge in [0.25, 0.3) is 0 Å². The summed E-state index contributed by atoms with van der Waals surface area (Å²) in [7, 11) is 1.66. The second-order valence-corrected chi connectivity index (χ2v) is 5.54. The number of rotatable bonds is 5. The fraction of sp³-hybridized carbons (Fsp3) is 0.294. The number of hydrogen-bond donors (Lipinski definition) is 0. The van der Waals surface area contributed by atoms with E-state index in [-0.39, 0.29) is 5.92 Å². The molecule has 0 aliphatic carbocycles. The van der Waals surface area contributed by atoms with E-state index < -0.39 is 0 Å². The van der Waals surface area contributed by atoms with Crippen molar-refractivity contribution in [3.05, 3.63) is 53.6 Å². The molecule has 1 atom stereocenters. The molecule has 0 fully saturated rings. The van der Waals surface area contributed by atoms with E-state index in [2.05, 4.69) is 22.0 Å². The van der Waals surface area contributed by atoms with Crippen LogP contribution < -0.4 is 14.2 Å². The lowest BCUT2D eigenvalue weighted by Gasteiger charge is -2.14. The van der Waals surface area contributed by atoms with Gasteiger partial charge in [-0.15, -0.1) is 0 Å². The number of para-hydroxylation sites is 1. The van der Waals surface area contributed by atoms with E-state index >= 15 is 0 Å². The van der Waals surface area contributed by atoms with E-state index in [1.807, 2.05) is 36.4 Å². The molecule has 2 aromatic carbocycles. The highest BCUT2D eigenvalue weighted by molar-refractivity contribution is 9.08. The van der Waals surface area contributed by atoms with Crippen LogP contribution in [0.1, 0.15) is 17.0 Å². The first kappa shape index (κ1) is 14.3. The van der Waals surface area contributed by atoms with Crippen LogP contribution in [0, 0.1) is 0 Å². The maximum atomic E-state index is 5.95. The van der Waals surface area contributed by atoms with Crippen LogP contribution in [0.25, 0.3) is 0 Å². The average Bonchev–Trinajstić information content (AvgIpc) is 2.96. The molecule has 0 bridgehead atoms. The van der Waals surface area contributed by atoms with Crippen LogP contribution in [0.5, 0.6) is 17.2 Å². The summed E-state index contributed by atoms with van der Waals surface area (Å²) < 4.78 is 17.0. The summed E-state index contributed by atoms with van der Waals surface area (Å²) >= 11 is 3.44. The van der Waals surface area contributed by atoms with Crippen LogP contribution in [-0.4, -0.2) is 20.3 Å². The lowest BCUT2D eigenvalue weighted by atomic mass is 10.0. The number of methoxy groups -OCH3 is 1. The molecule has 3 nitrogen and oxygen atoms in total. The largest absolute Gasteiger partial charge is 0.493 e. The Hall–Kier alpha value is -1.68. The van der Waals surface area contributed by atoms with Gasteiger partial charge in [0.05, 0.1) is 26.2 Å². The normalized spacial score (nSPS) is 16.2. The molecule has 1 unspecified atom stereocenters. The summed E-state index contributed by atoms with van der Waals surface area (Å²) in [6.07, 6.45) is 0. The molecule has 0 N–H and O–H groups in total. The monoisotopic (exact) mass is 348 g/mol. The fourth-order valence-corrected chi connectivity index (χ4v) is 2.82. The van der Waals surface area contributed by atoms with Crippen molar-refractivity contribution in [3.8, 4) is 17.2 Å². The Morgan fingerprint density at radius 2 is 2.05 bits per heavy atom. The van der Waals surface area contributed by atoms with E-state index in [0.29, 0.717) is 13.2 Å².